The van der Waals surface area contributed by atoms with Gasteiger partial charge in [0.2, 0.25) is 5.91 Å². The second kappa shape index (κ2) is 8.33. The van der Waals surface area contributed by atoms with Crippen molar-refractivity contribution in [1.82, 2.24) is 24.8 Å². The van der Waals surface area contributed by atoms with Gasteiger partial charge in [0.1, 0.15) is 5.82 Å². The van der Waals surface area contributed by atoms with Gasteiger partial charge >= 0.3 is 0 Å². The van der Waals surface area contributed by atoms with E-state index in [1.165, 1.54) is 5.56 Å². The highest BCUT2D eigenvalue weighted by molar-refractivity contribution is 5.89. The number of carbonyl (C=O) groups is 1. The van der Waals surface area contributed by atoms with E-state index >= 15 is 0 Å². The Morgan fingerprint density at radius 3 is 2.94 bits per heavy atom. The number of hydrogen-bond acceptors (Lipinski definition) is 6. The standard InChI is InChI=1S/C23H24N6O2/c1-16-18(13-22(30)25-16)12-19-14-24-29-6-5-21(27-23(19)29)26-20-4-2-3-17(11-20)15-28-7-9-31-10-8-28/h2-6,11-12,14H,1,7-10,13,15H2,(H,25,30)(H,26,27)/b18-12+. The first-order valence-electron chi connectivity index (χ1n) is 10.3. The average Bonchev–Trinajstić information content (AvgIpc) is 3.31. The van der Waals surface area contributed by atoms with Gasteiger partial charge in [-0.15, -0.1) is 0 Å². The molecule has 31 heavy (non-hydrogen) atoms. The molecular formula is C23H24N6O2. The van der Waals surface area contributed by atoms with Crippen LogP contribution in [0, 0.1) is 0 Å². The van der Waals surface area contributed by atoms with Gasteiger partial charge in [0.25, 0.3) is 0 Å². The summed E-state index contributed by atoms with van der Waals surface area (Å²) in [4.78, 5) is 18.7. The Morgan fingerprint density at radius 1 is 1.26 bits per heavy atom. The molecule has 2 fully saturated rings. The van der Waals surface area contributed by atoms with Gasteiger partial charge in [-0.1, -0.05) is 18.7 Å². The lowest BCUT2D eigenvalue weighted by molar-refractivity contribution is -0.118. The van der Waals surface area contributed by atoms with Crippen molar-refractivity contribution in [2.45, 2.75) is 13.0 Å². The molecule has 0 aliphatic carbocycles. The van der Waals surface area contributed by atoms with Crippen LogP contribution >= 0.6 is 0 Å². The highest BCUT2D eigenvalue weighted by atomic mass is 16.5. The van der Waals surface area contributed by atoms with E-state index in [0.717, 1.165) is 55.5 Å². The molecule has 2 aromatic heterocycles. The first-order chi connectivity index (χ1) is 15.1. The maximum Gasteiger partial charge on any atom is 0.228 e. The second-order valence-corrected chi connectivity index (χ2v) is 7.77. The fourth-order valence-corrected chi connectivity index (χ4v) is 3.87. The molecule has 2 aliphatic rings. The lowest BCUT2D eigenvalue weighted by atomic mass is 10.1. The molecule has 2 N–H and O–H groups in total. The molecule has 3 aromatic rings. The Kier molecular flexibility index (Phi) is 5.23. The third-order valence-corrected chi connectivity index (χ3v) is 5.46. The minimum atomic E-state index is -0.0417. The van der Waals surface area contributed by atoms with Crippen molar-refractivity contribution >= 4 is 29.1 Å². The summed E-state index contributed by atoms with van der Waals surface area (Å²) in [5.74, 6) is 0.690. The number of nitrogens with zero attached hydrogens (tertiary/aromatic N) is 4. The minimum Gasteiger partial charge on any atom is -0.379 e. The van der Waals surface area contributed by atoms with Crippen molar-refractivity contribution in [1.29, 1.82) is 0 Å². The number of ether oxygens (including phenoxy) is 1. The van der Waals surface area contributed by atoms with E-state index in [1.807, 2.05) is 24.4 Å². The number of amides is 1. The molecule has 0 atom stereocenters. The van der Waals surface area contributed by atoms with Crippen LogP contribution in [-0.2, 0) is 16.1 Å². The third-order valence-electron chi connectivity index (χ3n) is 5.46. The Balaban J connectivity index is 1.36. The van der Waals surface area contributed by atoms with Crippen LogP contribution in [0.4, 0.5) is 11.5 Å². The molecule has 158 valence electrons. The predicted octanol–water partition coefficient (Wildman–Crippen LogP) is 2.72. The summed E-state index contributed by atoms with van der Waals surface area (Å²) in [6.45, 7) is 8.32. The summed E-state index contributed by atoms with van der Waals surface area (Å²) in [6.07, 6.45) is 5.86. The zero-order chi connectivity index (χ0) is 21.2. The molecule has 2 aliphatic heterocycles. The molecule has 0 saturated carbocycles. The SMILES string of the molecule is C=C1NC(=O)C/C1=C\c1cnn2ccc(Nc3cccc(CN4CCOCC4)c3)nc12. The van der Waals surface area contributed by atoms with Crippen LogP contribution in [-0.4, -0.2) is 51.7 Å². The lowest BCUT2D eigenvalue weighted by Gasteiger charge is -2.26. The Bertz CT molecular complexity index is 1180. The van der Waals surface area contributed by atoms with Crippen LogP contribution in [0.3, 0.4) is 0 Å². The van der Waals surface area contributed by atoms with Crippen LogP contribution in [0.25, 0.3) is 11.7 Å². The number of benzene rings is 1. The Hall–Kier alpha value is -3.49. The number of carbonyl (C=O) groups excluding carboxylic acids is 1. The predicted molar refractivity (Wildman–Crippen MR) is 119 cm³/mol. The first-order valence-corrected chi connectivity index (χ1v) is 10.3. The van der Waals surface area contributed by atoms with Gasteiger partial charge in [-0.25, -0.2) is 9.50 Å². The molecule has 8 heteroatoms. The number of rotatable bonds is 5. The van der Waals surface area contributed by atoms with Crippen molar-refractivity contribution in [3.63, 3.8) is 0 Å². The topological polar surface area (TPSA) is 83.8 Å². The zero-order valence-corrected chi connectivity index (χ0v) is 17.2. The maximum atomic E-state index is 11.6. The number of aromatic nitrogens is 3. The second-order valence-electron chi connectivity index (χ2n) is 7.77. The fourth-order valence-electron chi connectivity index (χ4n) is 3.87. The fraction of sp³-hybridized carbons (Fsp3) is 0.261. The van der Waals surface area contributed by atoms with E-state index in [1.54, 1.807) is 10.7 Å². The number of allylic oxidation sites excluding steroid dienone is 1. The van der Waals surface area contributed by atoms with Crippen LogP contribution in [0.1, 0.15) is 17.5 Å². The minimum absolute atomic E-state index is 0.0417. The van der Waals surface area contributed by atoms with E-state index < -0.39 is 0 Å². The highest BCUT2D eigenvalue weighted by Gasteiger charge is 2.19. The summed E-state index contributed by atoms with van der Waals surface area (Å²) in [7, 11) is 0. The molecule has 0 spiro atoms. The van der Waals surface area contributed by atoms with E-state index in [0.29, 0.717) is 17.8 Å². The summed E-state index contributed by atoms with van der Waals surface area (Å²) in [6, 6.07) is 10.3. The summed E-state index contributed by atoms with van der Waals surface area (Å²) in [5.41, 5.74) is 5.29. The van der Waals surface area contributed by atoms with E-state index in [2.05, 4.69) is 45.4 Å². The highest BCUT2D eigenvalue weighted by Crippen LogP contribution is 2.24. The van der Waals surface area contributed by atoms with Gasteiger partial charge in [0.15, 0.2) is 5.65 Å². The van der Waals surface area contributed by atoms with Gasteiger partial charge in [0, 0.05) is 42.8 Å². The van der Waals surface area contributed by atoms with Crippen LogP contribution in [0.2, 0.25) is 0 Å². The van der Waals surface area contributed by atoms with Crippen molar-refractivity contribution in [2.24, 2.45) is 0 Å². The number of hydrogen-bond donors (Lipinski definition) is 2. The molecular weight excluding hydrogens is 392 g/mol. The largest absolute Gasteiger partial charge is 0.379 e. The van der Waals surface area contributed by atoms with Crippen molar-refractivity contribution in [2.75, 3.05) is 31.6 Å². The quantitative estimate of drug-likeness (QED) is 0.666. The Labute approximate surface area is 180 Å². The lowest BCUT2D eigenvalue weighted by Crippen LogP contribution is -2.35. The summed E-state index contributed by atoms with van der Waals surface area (Å²) < 4.78 is 7.15. The van der Waals surface area contributed by atoms with Crippen molar-refractivity contribution in [3.8, 4) is 0 Å². The van der Waals surface area contributed by atoms with Gasteiger partial charge < -0.3 is 15.4 Å². The average molecular weight is 416 g/mol. The van der Waals surface area contributed by atoms with E-state index in [4.69, 9.17) is 9.72 Å². The molecule has 0 bridgehead atoms. The molecule has 0 unspecified atom stereocenters. The van der Waals surface area contributed by atoms with Crippen molar-refractivity contribution < 1.29 is 9.53 Å². The van der Waals surface area contributed by atoms with E-state index in [-0.39, 0.29) is 5.91 Å². The Morgan fingerprint density at radius 2 is 2.13 bits per heavy atom. The maximum absolute atomic E-state index is 11.6. The number of morpholine rings is 1. The summed E-state index contributed by atoms with van der Waals surface area (Å²) >= 11 is 0. The van der Waals surface area contributed by atoms with Gasteiger partial charge in [-0.05, 0) is 35.4 Å². The van der Waals surface area contributed by atoms with Crippen LogP contribution in [0.5, 0.6) is 0 Å². The van der Waals surface area contributed by atoms with E-state index in [9.17, 15) is 4.79 Å². The monoisotopic (exact) mass is 416 g/mol. The van der Waals surface area contributed by atoms with Crippen molar-refractivity contribution in [3.05, 3.63) is 71.7 Å². The zero-order valence-electron chi connectivity index (χ0n) is 17.2. The first kappa shape index (κ1) is 19.5. The van der Waals surface area contributed by atoms with Gasteiger partial charge in [0.05, 0.1) is 25.8 Å². The summed E-state index contributed by atoms with van der Waals surface area (Å²) in [5, 5.41) is 10.5. The normalized spacial score (nSPS) is 18.6. The molecule has 8 nitrogen and oxygen atoms in total. The molecule has 4 heterocycles. The molecule has 5 rings (SSSR count). The smallest absolute Gasteiger partial charge is 0.228 e. The molecule has 2 saturated heterocycles. The molecule has 1 amide bonds. The third kappa shape index (κ3) is 4.35. The number of nitrogens with one attached hydrogen (secondary N) is 2. The number of anilines is 2. The number of fused-ring (bicyclic) bond motifs is 1. The van der Waals surface area contributed by atoms with Crippen LogP contribution < -0.4 is 10.6 Å². The van der Waals surface area contributed by atoms with Crippen LogP contribution in [0.15, 0.2) is 60.6 Å². The van der Waals surface area contributed by atoms with Gasteiger partial charge in [-0.3, -0.25) is 9.69 Å². The van der Waals surface area contributed by atoms with Gasteiger partial charge in [-0.2, -0.15) is 5.10 Å². The molecule has 0 radical (unpaired) electrons. The molecule has 1 aromatic carbocycles.